The Labute approximate surface area is 142 Å². The molecule has 2 rings (SSSR count). The molecular weight excluding hydrogens is 332 g/mol. The molecule has 1 amide bonds. The fourth-order valence-electron chi connectivity index (χ4n) is 1.78. The third kappa shape index (κ3) is 4.33. The summed E-state index contributed by atoms with van der Waals surface area (Å²) in [6, 6.07) is 4.92. The van der Waals surface area contributed by atoms with E-state index in [0.29, 0.717) is 16.5 Å². The van der Waals surface area contributed by atoms with Gasteiger partial charge in [-0.2, -0.15) is 5.26 Å². The largest absolute Gasteiger partial charge is 0.462 e. The molecule has 0 atom stereocenters. The molecule has 24 heavy (non-hydrogen) atoms. The minimum Gasteiger partial charge on any atom is -0.462 e. The number of anilines is 1. The SMILES string of the molecule is CCOC(=O)c1cc(C#N)c(SCC(=O)Nc2ccon2)nc1C. The van der Waals surface area contributed by atoms with Crippen LogP contribution in [0.15, 0.2) is 27.9 Å². The molecular formula is C15H14N4O4S. The third-order valence-corrected chi connectivity index (χ3v) is 3.83. The van der Waals surface area contributed by atoms with E-state index in [-0.39, 0.29) is 29.4 Å². The van der Waals surface area contributed by atoms with Crippen LogP contribution in [0, 0.1) is 18.3 Å². The maximum absolute atomic E-state index is 11.8. The molecule has 0 saturated carbocycles. The Morgan fingerprint density at radius 3 is 2.92 bits per heavy atom. The van der Waals surface area contributed by atoms with Gasteiger partial charge in [0.2, 0.25) is 5.91 Å². The van der Waals surface area contributed by atoms with Crippen molar-refractivity contribution in [3.8, 4) is 6.07 Å². The van der Waals surface area contributed by atoms with E-state index < -0.39 is 5.97 Å². The first kappa shape index (κ1) is 17.5. The van der Waals surface area contributed by atoms with Crippen LogP contribution < -0.4 is 5.32 Å². The number of nitrogens with one attached hydrogen (secondary N) is 1. The van der Waals surface area contributed by atoms with Crippen molar-refractivity contribution < 1.29 is 18.8 Å². The normalized spacial score (nSPS) is 10.0. The minimum atomic E-state index is -0.528. The Kier molecular flexibility index (Phi) is 5.92. The van der Waals surface area contributed by atoms with Crippen LogP contribution in [0.1, 0.15) is 28.5 Å². The van der Waals surface area contributed by atoms with Crippen LogP contribution in [0.5, 0.6) is 0 Å². The number of aryl methyl sites for hydroxylation is 1. The number of carbonyl (C=O) groups excluding carboxylic acids is 2. The van der Waals surface area contributed by atoms with E-state index in [1.165, 1.54) is 18.4 Å². The number of amides is 1. The number of hydrogen-bond donors (Lipinski definition) is 1. The molecule has 0 unspecified atom stereocenters. The monoisotopic (exact) mass is 346 g/mol. The number of hydrogen-bond acceptors (Lipinski definition) is 8. The van der Waals surface area contributed by atoms with E-state index in [1.807, 2.05) is 6.07 Å². The molecule has 2 aromatic heterocycles. The Morgan fingerprint density at radius 1 is 1.50 bits per heavy atom. The van der Waals surface area contributed by atoms with Gasteiger partial charge in [-0.3, -0.25) is 4.79 Å². The first-order chi connectivity index (χ1) is 11.5. The second kappa shape index (κ2) is 8.12. The highest BCUT2D eigenvalue weighted by Gasteiger charge is 2.17. The highest BCUT2D eigenvalue weighted by molar-refractivity contribution is 8.00. The summed E-state index contributed by atoms with van der Waals surface area (Å²) in [5.41, 5.74) is 0.888. The molecule has 8 nitrogen and oxygen atoms in total. The second-order valence-corrected chi connectivity index (χ2v) is 5.49. The first-order valence-electron chi connectivity index (χ1n) is 6.97. The maximum Gasteiger partial charge on any atom is 0.340 e. The van der Waals surface area contributed by atoms with Crippen molar-refractivity contribution in [1.82, 2.24) is 10.1 Å². The van der Waals surface area contributed by atoms with Crippen LogP contribution in [-0.4, -0.2) is 34.4 Å². The van der Waals surface area contributed by atoms with Gasteiger partial charge in [0, 0.05) is 6.07 Å². The van der Waals surface area contributed by atoms with Crippen molar-refractivity contribution in [2.45, 2.75) is 18.9 Å². The van der Waals surface area contributed by atoms with Crippen LogP contribution in [0.4, 0.5) is 5.82 Å². The zero-order chi connectivity index (χ0) is 17.5. The predicted molar refractivity (Wildman–Crippen MR) is 85.5 cm³/mol. The zero-order valence-electron chi connectivity index (χ0n) is 13.0. The summed E-state index contributed by atoms with van der Waals surface area (Å²) in [6.07, 6.45) is 1.34. The third-order valence-electron chi connectivity index (χ3n) is 2.84. The van der Waals surface area contributed by atoms with Gasteiger partial charge in [-0.25, -0.2) is 9.78 Å². The number of esters is 1. The topological polar surface area (TPSA) is 118 Å². The Bertz CT molecular complexity index is 784. The average molecular weight is 346 g/mol. The molecule has 0 fully saturated rings. The van der Waals surface area contributed by atoms with E-state index in [9.17, 15) is 14.9 Å². The number of rotatable bonds is 6. The van der Waals surface area contributed by atoms with Gasteiger partial charge in [0.15, 0.2) is 5.82 Å². The number of aromatic nitrogens is 2. The predicted octanol–water partition coefficient (Wildman–Crippen LogP) is 2.16. The van der Waals surface area contributed by atoms with Crippen LogP contribution in [-0.2, 0) is 9.53 Å². The molecule has 0 bridgehead atoms. The van der Waals surface area contributed by atoms with Gasteiger partial charge in [-0.1, -0.05) is 16.9 Å². The average Bonchev–Trinajstić information content (AvgIpc) is 3.06. The van der Waals surface area contributed by atoms with Crippen LogP contribution >= 0.6 is 11.8 Å². The van der Waals surface area contributed by atoms with Gasteiger partial charge < -0.3 is 14.6 Å². The highest BCUT2D eigenvalue weighted by atomic mass is 32.2. The summed E-state index contributed by atoms with van der Waals surface area (Å²) < 4.78 is 9.55. The fraction of sp³-hybridized carbons (Fsp3) is 0.267. The van der Waals surface area contributed by atoms with Crippen LogP contribution in [0.3, 0.4) is 0 Å². The van der Waals surface area contributed by atoms with Crippen LogP contribution in [0.2, 0.25) is 0 Å². The molecule has 0 spiro atoms. The highest BCUT2D eigenvalue weighted by Crippen LogP contribution is 2.23. The molecule has 124 valence electrons. The molecule has 0 radical (unpaired) electrons. The summed E-state index contributed by atoms with van der Waals surface area (Å²) in [7, 11) is 0. The van der Waals surface area contributed by atoms with Gasteiger partial charge in [-0.05, 0) is 19.9 Å². The number of ether oxygens (including phenoxy) is 1. The molecule has 0 aliphatic rings. The lowest BCUT2D eigenvalue weighted by molar-refractivity contribution is -0.113. The van der Waals surface area contributed by atoms with Gasteiger partial charge in [0.25, 0.3) is 0 Å². The number of thioether (sulfide) groups is 1. The Hall–Kier alpha value is -2.86. The van der Waals surface area contributed by atoms with Crippen molar-refractivity contribution in [3.63, 3.8) is 0 Å². The number of nitriles is 1. The summed E-state index contributed by atoms with van der Waals surface area (Å²) >= 11 is 1.09. The molecule has 0 aromatic carbocycles. The lowest BCUT2D eigenvalue weighted by Crippen LogP contribution is -2.15. The maximum atomic E-state index is 11.8. The molecule has 0 saturated heterocycles. The zero-order valence-corrected chi connectivity index (χ0v) is 13.8. The molecule has 9 heteroatoms. The van der Waals surface area contributed by atoms with Crippen molar-refractivity contribution in [2.75, 3.05) is 17.7 Å². The van der Waals surface area contributed by atoms with Gasteiger partial charge in [0.1, 0.15) is 17.4 Å². The number of carbonyl (C=O) groups is 2. The summed E-state index contributed by atoms with van der Waals surface area (Å²) in [5, 5.41) is 15.7. The summed E-state index contributed by atoms with van der Waals surface area (Å²) in [4.78, 5) is 27.9. The van der Waals surface area contributed by atoms with Gasteiger partial charge >= 0.3 is 5.97 Å². The Morgan fingerprint density at radius 2 is 2.29 bits per heavy atom. The van der Waals surface area contributed by atoms with Gasteiger partial charge in [0.05, 0.1) is 29.2 Å². The van der Waals surface area contributed by atoms with E-state index in [4.69, 9.17) is 4.74 Å². The lowest BCUT2D eigenvalue weighted by Gasteiger charge is -2.09. The van der Waals surface area contributed by atoms with E-state index in [2.05, 4.69) is 20.0 Å². The quantitative estimate of drug-likeness (QED) is 0.624. The van der Waals surface area contributed by atoms with E-state index in [0.717, 1.165) is 11.8 Å². The van der Waals surface area contributed by atoms with E-state index in [1.54, 1.807) is 13.8 Å². The standard InChI is InChI=1S/C15H14N4O4S/c1-3-22-15(21)11-6-10(7-16)14(17-9(11)2)24-8-13(20)18-12-4-5-23-19-12/h4-6H,3,8H2,1-2H3,(H,18,19,20). The molecule has 1 N–H and O–H groups in total. The fourth-order valence-corrected chi connectivity index (χ4v) is 2.58. The van der Waals surface area contributed by atoms with Crippen LogP contribution in [0.25, 0.3) is 0 Å². The van der Waals surface area contributed by atoms with Gasteiger partial charge in [-0.15, -0.1) is 0 Å². The molecule has 0 aliphatic carbocycles. The van der Waals surface area contributed by atoms with Crippen molar-refractivity contribution >= 4 is 29.5 Å². The molecule has 2 aromatic rings. The Balaban J connectivity index is 2.10. The molecule has 0 aliphatic heterocycles. The van der Waals surface area contributed by atoms with E-state index >= 15 is 0 Å². The second-order valence-electron chi connectivity index (χ2n) is 4.53. The van der Waals surface area contributed by atoms with Crippen molar-refractivity contribution in [2.24, 2.45) is 0 Å². The summed E-state index contributed by atoms with van der Waals surface area (Å²) in [6.45, 7) is 3.58. The van der Waals surface area contributed by atoms with Crippen molar-refractivity contribution in [1.29, 1.82) is 5.26 Å². The minimum absolute atomic E-state index is 0.0345. The summed E-state index contributed by atoms with van der Waals surface area (Å²) in [5.74, 6) is -0.499. The molecule has 2 heterocycles. The number of pyridine rings is 1. The first-order valence-corrected chi connectivity index (χ1v) is 7.95. The number of nitrogens with zero attached hydrogens (tertiary/aromatic N) is 3. The van der Waals surface area contributed by atoms with Crippen molar-refractivity contribution in [3.05, 3.63) is 35.2 Å². The smallest absolute Gasteiger partial charge is 0.340 e. The lowest BCUT2D eigenvalue weighted by atomic mass is 10.1.